The van der Waals surface area contributed by atoms with Crippen molar-refractivity contribution in [3.05, 3.63) is 27.8 Å². The molecular weight excluding hydrogens is 248 g/mol. The van der Waals surface area contributed by atoms with Gasteiger partial charge >= 0.3 is 0 Å². The number of ether oxygens (including phenoxy) is 2. The van der Waals surface area contributed by atoms with E-state index < -0.39 is 4.92 Å². The van der Waals surface area contributed by atoms with Crippen molar-refractivity contribution in [2.75, 3.05) is 20.3 Å². The highest BCUT2D eigenvalue weighted by Crippen LogP contribution is 2.34. The molecule has 0 aromatic heterocycles. The average molecular weight is 268 g/mol. The second-order valence-corrected chi connectivity index (χ2v) is 4.02. The van der Waals surface area contributed by atoms with Crippen molar-refractivity contribution in [2.45, 2.75) is 26.8 Å². The Balaban J connectivity index is 3.13. The molecule has 19 heavy (non-hydrogen) atoms. The van der Waals surface area contributed by atoms with Gasteiger partial charge in [0, 0.05) is 12.1 Å². The second-order valence-electron chi connectivity index (χ2n) is 4.02. The topological polar surface area (TPSA) is 73.6 Å². The predicted molar refractivity (Wildman–Crippen MR) is 72.8 cm³/mol. The average Bonchev–Trinajstić information content (AvgIpc) is 2.42. The SMILES string of the molecule is CCCOc1cc(CNCC)c([N+](=O)[O-])cc1OC. The van der Waals surface area contributed by atoms with E-state index in [9.17, 15) is 10.1 Å². The maximum absolute atomic E-state index is 11.1. The van der Waals surface area contributed by atoms with E-state index in [1.165, 1.54) is 13.2 Å². The number of benzene rings is 1. The summed E-state index contributed by atoms with van der Waals surface area (Å²) >= 11 is 0. The first-order valence-electron chi connectivity index (χ1n) is 6.32. The van der Waals surface area contributed by atoms with Crippen LogP contribution < -0.4 is 14.8 Å². The van der Waals surface area contributed by atoms with Gasteiger partial charge in [0.2, 0.25) is 0 Å². The third-order valence-electron chi connectivity index (χ3n) is 2.59. The lowest BCUT2D eigenvalue weighted by Crippen LogP contribution is -2.13. The van der Waals surface area contributed by atoms with Crippen molar-refractivity contribution in [3.8, 4) is 11.5 Å². The Morgan fingerprint density at radius 1 is 1.32 bits per heavy atom. The van der Waals surface area contributed by atoms with Gasteiger partial charge in [0.15, 0.2) is 11.5 Å². The Morgan fingerprint density at radius 3 is 2.58 bits per heavy atom. The van der Waals surface area contributed by atoms with Gasteiger partial charge in [-0.25, -0.2) is 0 Å². The first-order chi connectivity index (χ1) is 9.13. The number of hydrogen-bond acceptors (Lipinski definition) is 5. The third-order valence-corrected chi connectivity index (χ3v) is 2.59. The predicted octanol–water partition coefficient (Wildman–Crippen LogP) is 2.50. The molecule has 1 aromatic rings. The zero-order valence-electron chi connectivity index (χ0n) is 11.6. The normalized spacial score (nSPS) is 10.3. The van der Waals surface area contributed by atoms with Crippen molar-refractivity contribution < 1.29 is 14.4 Å². The Morgan fingerprint density at radius 2 is 2.05 bits per heavy atom. The number of hydrogen-bond donors (Lipinski definition) is 1. The standard InChI is InChI=1S/C13H20N2O4/c1-4-6-19-13-7-10(9-14-5-2)11(15(16)17)8-12(13)18-3/h7-8,14H,4-6,9H2,1-3H3. The number of nitro benzene ring substituents is 1. The monoisotopic (exact) mass is 268 g/mol. The van der Waals surface area contributed by atoms with Crippen LogP contribution in [0.25, 0.3) is 0 Å². The maximum atomic E-state index is 11.1. The van der Waals surface area contributed by atoms with E-state index in [-0.39, 0.29) is 5.69 Å². The molecule has 0 heterocycles. The Hall–Kier alpha value is -1.82. The third kappa shape index (κ3) is 4.10. The molecule has 0 amide bonds. The number of nitrogens with one attached hydrogen (secondary N) is 1. The highest BCUT2D eigenvalue weighted by Gasteiger charge is 2.19. The molecule has 6 nitrogen and oxygen atoms in total. The van der Waals surface area contributed by atoms with Gasteiger partial charge in [-0.05, 0) is 19.0 Å². The molecule has 1 N–H and O–H groups in total. The fraction of sp³-hybridized carbons (Fsp3) is 0.538. The largest absolute Gasteiger partial charge is 0.493 e. The molecule has 0 aliphatic heterocycles. The van der Waals surface area contributed by atoms with Gasteiger partial charge in [-0.2, -0.15) is 0 Å². The van der Waals surface area contributed by atoms with Gasteiger partial charge in [0.05, 0.1) is 24.7 Å². The molecular formula is C13H20N2O4. The second kappa shape index (κ2) is 7.58. The van der Waals surface area contributed by atoms with Gasteiger partial charge in [-0.3, -0.25) is 10.1 Å². The molecule has 0 unspecified atom stereocenters. The van der Waals surface area contributed by atoms with E-state index >= 15 is 0 Å². The van der Waals surface area contributed by atoms with E-state index in [2.05, 4.69) is 5.32 Å². The lowest BCUT2D eigenvalue weighted by atomic mass is 10.1. The molecule has 0 saturated heterocycles. The molecule has 0 atom stereocenters. The van der Waals surface area contributed by atoms with E-state index in [1.807, 2.05) is 13.8 Å². The molecule has 0 fully saturated rings. The highest BCUT2D eigenvalue weighted by atomic mass is 16.6. The van der Waals surface area contributed by atoms with Crippen molar-refractivity contribution in [1.29, 1.82) is 0 Å². The summed E-state index contributed by atoms with van der Waals surface area (Å²) in [5.41, 5.74) is 0.639. The summed E-state index contributed by atoms with van der Waals surface area (Å²) in [5.74, 6) is 0.934. The van der Waals surface area contributed by atoms with Crippen LogP contribution in [0.15, 0.2) is 12.1 Å². The van der Waals surface area contributed by atoms with Crippen LogP contribution >= 0.6 is 0 Å². The fourth-order valence-electron chi connectivity index (χ4n) is 1.65. The summed E-state index contributed by atoms with van der Waals surface area (Å²) in [6.45, 7) is 5.67. The quantitative estimate of drug-likeness (QED) is 0.579. The summed E-state index contributed by atoms with van der Waals surface area (Å²) < 4.78 is 10.7. The zero-order valence-corrected chi connectivity index (χ0v) is 11.6. The molecule has 0 radical (unpaired) electrons. The minimum absolute atomic E-state index is 0.0432. The number of methoxy groups -OCH3 is 1. The molecule has 1 rings (SSSR count). The van der Waals surface area contributed by atoms with E-state index in [0.29, 0.717) is 30.2 Å². The molecule has 0 aliphatic carbocycles. The number of nitrogens with zero attached hydrogens (tertiary/aromatic N) is 1. The smallest absolute Gasteiger partial charge is 0.277 e. The first kappa shape index (κ1) is 15.2. The zero-order chi connectivity index (χ0) is 14.3. The molecule has 6 heteroatoms. The molecule has 1 aromatic carbocycles. The van der Waals surface area contributed by atoms with Crippen LogP contribution in [0.3, 0.4) is 0 Å². The van der Waals surface area contributed by atoms with Crippen LogP contribution in [-0.2, 0) is 6.54 Å². The lowest BCUT2D eigenvalue weighted by molar-refractivity contribution is -0.385. The van der Waals surface area contributed by atoms with Crippen molar-refractivity contribution in [3.63, 3.8) is 0 Å². The Kier molecular flexibility index (Phi) is 6.08. The molecule has 106 valence electrons. The number of nitro groups is 1. The summed E-state index contributed by atoms with van der Waals surface area (Å²) in [6.07, 6.45) is 0.864. The lowest BCUT2D eigenvalue weighted by Gasteiger charge is -2.12. The van der Waals surface area contributed by atoms with Crippen LogP contribution in [-0.4, -0.2) is 25.2 Å². The minimum atomic E-state index is -0.404. The van der Waals surface area contributed by atoms with Gasteiger partial charge in [-0.1, -0.05) is 13.8 Å². The van der Waals surface area contributed by atoms with E-state index in [1.54, 1.807) is 6.07 Å². The van der Waals surface area contributed by atoms with Crippen LogP contribution in [0.4, 0.5) is 5.69 Å². The van der Waals surface area contributed by atoms with Crippen molar-refractivity contribution in [1.82, 2.24) is 5.32 Å². The fourth-order valence-corrected chi connectivity index (χ4v) is 1.65. The number of rotatable bonds is 8. The van der Waals surface area contributed by atoms with E-state index in [0.717, 1.165) is 13.0 Å². The summed E-state index contributed by atoms with van der Waals surface area (Å²) in [6, 6.07) is 3.09. The highest BCUT2D eigenvalue weighted by molar-refractivity contribution is 5.54. The van der Waals surface area contributed by atoms with Gasteiger partial charge < -0.3 is 14.8 Å². The van der Waals surface area contributed by atoms with Crippen molar-refractivity contribution in [2.24, 2.45) is 0 Å². The Labute approximate surface area is 112 Å². The van der Waals surface area contributed by atoms with Gasteiger partial charge in [0.1, 0.15) is 0 Å². The van der Waals surface area contributed by atoms with Crippen LogP contribution in [0, 0.1) is 10.1 Å². The summed E-state index contributed by atoms with van der Waals surface area (Å²) in [5, 5.41) is 14.1. The molecule has 0 saturated carbocycles. The molecule has 0 bridgehead atoms. The molecule has 0 spiro atoms. The summed E-state index contributed by atoms with van der Waals surface area (Å²) in [4.78, 5) is 10.7. The molecule has 0 aliphatic rings. The van der Waals surface area contributed by atoms with Crippen LogP contribution in [0.2, 0.25) is 0 Å². The van der Waals surface area contributed by atoms with E-state index in [4.69, 9.17) is 9.47 Å². The van der Waals surface area contributed by atoms with Gasteiger partial charge in [0.25, 0.3) is 5.69 Å². The first-order valence-corrected chi connectivity index (χ1v) is 6.32. The maximum Gasteiger partial charge on any atom is 0.277 e. The van der Waals surface area contributed by atoms with Crippen molar-refractivity contribution >= 4 is 5.69 Å². The Bertz CT molecular complexity index is 435. The minimum Gasteiger partial charge on any atom is -0.493 e. The summed E-state index contributed by atoms with van der Waals surface area (Å²) in [7, 11) is 1.47. The van der Waals surface area contributed by atoms with Crippen LogP contribution in [0.5, 0.6) is 11.5 Å². The van der Waals surface area contributed by atoms with Gasteiger partial charge in [-0.15, -0.1) is 0 Å². The van der Waals surface area contributed by atoms with Crippen LogP contribution in [0.1, 0.15) is 25.8 Å².